The van der Waals surface area contributed by atoms with Crippen molar-refractivity contribution in [2.45, 2.75) is 32.4 Å². The van der Waals surface area contributed by atoms with Gasteiger partial charge >= 0.3 is 6.18 Å². The number of unbranched alkanes of at least 4 members (excludes halogenated alkanes) is 1. The molecule has 3 N–H and O–H groups in total. The molecule has 1 aromatic heterocycles. The van der Waals surface area contributed by atoms with Crippen molar-refractivity contribution in [3.05, 3.63) is 52.5 Å². The summed E-state index contributed by atoms with van der Waals surface area (Å²) in [6.07, 6.45) is -2.38. The van der Waals surface area contributed by atoms with Crippen LogP contribution in [0.4, 0.5) is 13.2 Å². The van der Waals surface area contributed by atoms with Crippen LogP contribution in [0.5, 0.6) is 5.75 Å². The van der Waals surface area contributed by atoms with Gasteiger partial charge in [-0.05, 0) is 62.6 Å². The van der Waals surface area contributed by atoms with Crippen molar-refractivity contribution < 1.29 is 17.9 Å². The van der Waals surface area contributed by atoms with Gasteiger partial charge in [0.05, 0.1) is 23.4 Å². The lowest BCUT2D eigenvalue weighted by Crippen LogP contribution is -2.05. The van der Waals surface area contributed by atoms with Crippen LogP contribution in [0.1, 0.15) is 30.9 Å². The largest absolute Gasteiger partial charge is 0.493 e. The number of alkyl halides is 3. The fourth-order valence-corrected chi connectivity index (χ4v) is 3.65. The van der Waals surface area contributed by atoms with Crippen LogP contribution in [-0.4, -0.2) is 18.1 Å². The fraction of sp³-hybridized carbons (Fsp3) is 0.333. The molecule has 1 heterocycles. The Morgan fingerprint density at radius 2 is 1.89 bits per heavy atom. The summed E-state index contributed by atoms with van der Waals surface area (Å²) in [4.78, 5) is 3.02. The summed E-state index contributed by atoms with van der Waals surface area (Å²) in [7, 11) is 0. The second-order valence-corrected chi connectivity index (χ2v) is 6.96. The molecule has 0 unspecified atom stereocenters. The topological polar surface area (TPSA) is 51.0 Å². The Hall–Kier alpha value is -2.18. The maximum atomic E-state index is 13.6. The van der Waals surface area contributed by atoms with Crippen LogP contribution in [0.25, 0.3) is 22.2 Å². The molecule has 0 aliphatic heterocycles. The average Bonchev–Trinajstić information content (AvgIpc) is 2.99. The summed E-state index contributed by atoms with van der Waals surface area (Å²) in [6.45, 7) is 2.85. The molecule has 3 nitrogen and oxygen atoms in total. The minimum atomic E-state index is -4.51. The van der Waals surface area contributed by atoms with E-state index in [0.29, 0.717) is 36.4 Å². The van der Waals surface area contributed by atoms with E-state index in [4.69, 9.17) is 22.1 Å². The number of hydrogen-bond acceptors (Lipinski definition) is 2. The standard InChI is InChI=1S/C21H22ClF3N2O/c1-2-28-18-9-4-3-8-15(18)19-14(7-5-6-10-26)16-11-13(22)12-17(20(16)27-19)21(23,24)25/h3-4,8-9,11-12,27H,2,5-7,10,26H2,1H3. The van der Waals surface area contributed by atoms with Gasteiger partial charge in [0.25, 0.3) is 0 Å². The summed E-state index contributed by atoms with van der Waals surface area (Å²) < 4.78 is 46.6. The molecule has 2 aromatic carbocycles. The number of aryl methyl sites for hydroxylation is 1. The van der Waals surface area contributed by atoms with E-state index >= 15 is 0 Å². The van der Waals surface area contributed by atoms with Crippen molar-refractivity contribution in [1.29, 1.82) is 0 Å². The number of H-pyrrole nitrogens is 1. The minimum Gasteiger partial charge on any atom is -0.493 e. The molecular weight excluding hydrogens is 389 g/mol. The Bertz CT molecular complexity index is 966. The highest BCUT2D eigenvalue weighted by molar-refractivity contribution is 6.31. The maximum Gasteiger partial charge on any atom is 0.418 e. The van der Waals surface area contributed by atoms with E-state index in [9.17, 15) is 13.2 Å². The van der Waals surface area contributed by atoms with Crippen LogP contribution >= 0.6 is 11.6 Å². The van der Waals surface area contributed by atoms with Crippen LogP contribution in [0.2, 0.25) is 5.02 Å². The maximum absolute atomic E-state index is 13.6. The van der Waals surface area contributed by atoms with Gasteiger partial charge in [0.15, 0.2) is 0 Å². The van der Waals surface area contributed by atoms with Crippen molar-refractivity contribution >= 4 is 22.5 Å². The monoisotopic (exact) mass is 410 g/mol. The first-order chi connectivity index (χ1) is 13.4. The SMILES string of the molecule is CCOc1ccccc1-c1[nH]c2c(C(F)(F)F)cc(Cl)cc2c1CCCCN. The number of nitrogens with two attached hydrogens (primary N) is 1. The first kappa shape index (κ1) is 20.6. The summed E-state index contributed by atoms with van der Waals surface area (Å²) >= 11 is 6.04. The molecular formula is C21H22ClF3N2O. The summed E-state index contributed by atoms with van der Waals surface area (Å²) in [5, 5.41) is 0.543. The van der Waals surface area contributed by atoms with Gasteiger partial charge in [-0.3, -0.25) is 0 Å². The predicted octanol–water partition coefficient (Wildman–Crippen LogP) is 6.19. The Labute approximate surface area is 166 Å². The van der Waals surface area contributed by atoms with Crippen molar-refractivity contribution in [1.82, 2.24) is 4.98 Å². The van der Waals surface area contributed by atoms with Gasteiger partial charge < -0.3 is 15.5 Å². The molecule has 3 rings (SSSR count). The molecule has 0 saturated carbocycles. The highest BCUT2D eigenvalue weighted by Gasteiger charge is 2.35. The first-order valence-corrected chi connectivity index (χ1v) is 9.58. The average molecular weight is 411 g/mol. The Morgan fingerprint density at radius 3 is 2.57 bits per heavy atom. The molecule has 0 spiro atoms. The molecule has 28 heavy (non-hydrogen) atoms. The number of rotatable bonds is 7. The van der Waals surface area contributed by atoms with E-state index in [-0.39, 0.29) is 10.5 Å². The highest BCUT2D eigenvalue weighted by atomic mass is 35.5. The zero-order valence-electron chi connectivity index (χ0n) is 15.5. The molecule has 0 atom stereocenters. The van der Waals surface area contributed by atoms with E-state index in [1.807, 2.05) is 31.2 Å². The Morgan fingerprint density at radius 1 is 1.14 bits per heavy atom. The molecule has 7 heteroatoms. The van der Waals surface area contributed by atoms with Gasteiger partial charge in [-0.1, -0.05) is 23.7 Å². The van der Waals surface area contributed by atoms with Gasteiger partial charge in [-0.2, -0.15) is 13.2 Å². The fourth-order valence-electron chi connectivity index (χ4n) is 3.43. The van der Waals surface area contributed by atoms with Crippen molar-refractivity contribution in [2.24, 2.45) is 5.73 Å². The first-order valence-electron chi connectivity index (χ1n) is 9.20. The number of para-hydroxylation sites is 1. The zero-order valence-corrected chi connectivity index (χ0v) is 16.3. The lowest BCUT2D eigenvalue weighted by Gasteiger charge is -2.11. The van der Waals surface area contributed by atoms with E-state index in [1.165, 1.54) is 0 Å². The smallest absolute Gasteiger partial charge is 0.418 e. The normalized spacial score (nSPS) is 11.9. The molecule has 3 aromatic rings. The van der Waals surface area contributed by atoms with Gasteiger partial charge in [0, 0.05) is 16.0 Å². The van der Waals surface area contributed by atoms with Gasteiger partial charge in [0.1, 0.15) is 5.75 Å². The predicted molar refractivity (Wildman–Crippen MR) is 107 cm³/mol. The number of halogens is 4. The highest BCUT2D eigenvalue weighted by Crippen LogP contribution is 2.42. The molecule has 0 saturated heterocycles. The van der Waals surface area contributed by atoms with E-state index in [0.717, 1.165) is 30.0 Å². The van der Waals surface area contributed by atoms with Gasteiger partial charge in [0.2, 0.25) is 0 Å². The minimum absolute atomic E-state index is 0.0425. The van der Waals surface area contributed by atoms with Crippen molar-refractivity contribution in [3.8, 4) is 17.0 Å². The van der Waals surface area contributed by atoms with E-state index in [2.05, 4.69) is 4.98 Å². The third kappa shape index (κ3) is 4.13. The second kappa shape index (κ2) is 8.45. The summed E-state index contributed by atoms with van der Waals surface area (Å²) in [5.74, 6) is 0.622. The van der Waals surface area contributed by atoms with Crippen LogP contribution in [0.15, 0.2) is 36.4 Å². The number of nitrogens with one attached hydrogen (secondary N) is 1. The van der Waals surface area contributed by atoms with Gasteiger partial charge in [-0.25, -0.2) is 0 Å². The second-order valence-electron chi connectivity index (χ2n) is 6.53. The molecule has 150 valence electrons. The molecule has 0 fully saturated rings. The zero-order chi connectivity index (χ0) is 20.3. The number of benzene rings is 2. The number of hydrogen-bond donors (Lipinski definition) is 2. The van der Waals surface area contributed by atoms with E-state index in [1.54, 1.807) is 6.07 Å². The summed E-state index contributed by atoms with van der Waals surface area (Å²) in [6, 6.07) is 9.88. The van der Waals surface area contributed by atoms with Crippen LogP contribution in [0, 0.1) is 0 Å². The number of aromatic amines is 1. The summed E-state index contributed by atoms with van der Waals surface area (Å²) in [5.41, 5.74) is 7.03. The van der Waals surface area contributed by atoms with Crippen LogP contribution < -0.4 is 10.5 Å². The quantitative estimate of drug-likeness (QED) is 0.456. The molecule has 0 radical (unpaired) electrons. The molecule has 0 amide bonds. The number of aromatic nitrogens is 1. The Balaban J connectivity index is 2.28. The van der Waals surface area contributed by atoms with Crippen LogP contribution in [-0.2, 0) is 12.6 Å². The number of fused-ring (bicyclic) bond motifs is 1. The van der Waals surface area contributed by atoms with Crippen molar-refractivity contribution in [3.63, 3.8) is 0 Å². The molecule has 0 bridgehead atoms. The van der Waals surface area contributed by atoms with E-state index < -0.39 is 11.7 Å². The van der Waals surface area contributed by atoms with Crippen molar-refractivity contribution in [2.75, 3.05) is 13.2 Å². The third-order valence-electron chi connectivity index (χ3n) is 4.62. The number of ether oxygens (including phenoxy) is 1. The van der Waals surface area contributed by atoms with Crippen LogP contribution in [0.3, 0.4) is 0 Å². The Kier molecular flexibility index (Phi) is 6.20. The lowest BCUT2D eigenvalue weighted by molar-refractivity contribution is -0.136. The molecule has 0 aliphatic rings. The van der Waals surface area contributed by atoms with Gasteiger partial charge in [-0.15, -0.1) is 0 Å². The third-order valence-corrected chi connectivity index (χ3v) is 4.84. The lowest BCUT2D eigenvalue weighted by atomic mass is 9.99. The molecule has 0 aliphatic carbocycles.